The van der Waals surface area contributed by atoms with Gasteiger partial charge in [0.05, 0.1) is 73.2 Å². The molecular weight excluding hydrogens is 1830 g/mol. The van der Waals surface area contributed by atoms with Crippen LogP contribution >= 0.6 is 0 Å². The average Bonchev–Trinajstić information content (AvgIpc) is 1.55. The molecule has 0 radical (unpaired) electrons. The number of ether oxygens (including phenoxy) is 1. The fourth-order valence-electron chi connectivity index (χ4n) is 24.7. The number of carbonyl (C=O) groups excluding carboxylic acids is 1. The maximum Gasteiger partial charge on any atom is 0.345 e. The molecule has 0 unspecified atom stereocenters. The normalized spacial score (nSPS) is 14.8. The molecule has 732 valence electrons. The van der Waals surface area contributed by atoms with Crippen molar-refractivity contribution in [2.45, 2.75) is 169 Å². The van der Waals surface area contributed by atoms with Crippen LogP contribution in [0.3, 0.4) is 0 Å². The van der Waals surface area contributed by atoms with Gasteiger partial charge in [-0.25, -0.2) is 4.79 Å². The Hall–Kier alpha value is -17.0. The first-order valence-electron chi connectivity index (χ1n) is 53.4. The molecule has 0 saturated carbocycles. The molecule has 149 heavy (non-hydrogen) atoms. The first-order valence-corrected chi connectivity index (χ1v) is 53.4. The molecule has 0 N–H and O–H groups in total. The van der Waals surface area contributed by atoms with Crippen molar-refractivity contribution < 1.29 is 31.6 Å². The second-order valence-electron chi connectivity index (χ2n) is 41.0. The van der Waals surface area contributed by atoms with Gasteiger partial charge in [0.2, 0.25) is 35.2 Å². The topological polar surface area (TPSA) is 133 Å². The van der Waals surface area contributed by atoms with Crippen molar-refractivity contribution in [1.29, 1.82) is 0 Å². The highest BCUT2D eigenvalue weighted by molar-refractivity contribution is 6.08. The minimum Gasteiger partial charge on any atom is -0.439 e. The van der Waals surface area contributed by atoms with Crippen LogP contribution in [0.15, 0.2) is 372 Å². The van der Waals surface area contributed by atoms with Gasteiger partial charge in [-0.3, -0.25) is 24.5 Å². The van der Waals surface area contributed by atoms with Crippen molar-refractivity contribution in [3.8, 4) is 16.9 Å². The molecule has 5 aliphatic heterocycles. The van der Waals surface area contributed by atoms with E-state index in [1.165, 1.54) is 215 Å². The summed E-state index contributed by atoms with van der Waals surface area (Å²) < 4.78 is 38.2. The summed E-state index contributed by atoms with van der Waals surface area (Å²) in [4.78, 5) is 24.5. The van der Waals surface area contributed by atoms with Gasteiger partial charge in [0, 0.05) is 38.4 Å². The number of para-hydroxylation sites is 10. The number of rotatable bonds is 6. The maximum atomic E-state index is 13.0. The molecule has 10 heterocycles. The summed E-state index contributed by atoms with van der Waals surface area (Å²) in [5, 5.41) is 14.6. The predicted molar refractivity (Wildman–Crippen MR) is 608 cm³/mol. The summed E-state index contributed by atoms with van der Waals surface area (Å²) >= 11 is 0. The summed E-state index contributed by atoms with van der Waals surface area (Å²) in [5.74, 6) is 4.30. The van der Waals surface area contributed by atoms with Crippen molar-refractivity contribution >= 4 is 171 Å². The lowest BCUT2D eigenvalue weighted by Gasteiger charge is -2.30. The van der Waals surface area contributed by atoms with E-state index in [0.717, 1.165) is 172 Å². The number of anilines is 15. The number of hydrogen-bond acceptors (Lipinski definition) is 14. The lowest BCUT2D eigenvalue weighted by Crippen LogP contribution is -2.16. The third-order valence-electron chi connectivity index (χ3n) is 32.0. The van der Waals surface area contributed by atoms with Gasteiger partial charge < -0.3 is 26.8 Å². The zero-order valence-corrected chi connectivity index (χ0v) is 84.8. The fourth-order valence-corrected chi connectivity index (χ4v) is 24.7. The van der Waals surface area contributed by atoms with E-state index in [1.807, 2.05) is 84.9 Å². The number of benzene rings is 16. The summed E-state index contributed by atoms with van der Waals surface area (Å²) in [6.45, 7) is 11.1. The standard InChI is InChI=1S/C30H25NO.C27H25NO.C27H23NO.C26H21NO3.C25H21N3O/c1-21-18-19-28(26(20-21)22-10-3-2-4-11-22)31-27-16-7-5-12-23(27)13-9-15-25-24-14-6-8-17-29(24)32-30(25)31;2*1-18-14-17-25(21-10-4-3-9-20(18)21)28-24-12-6-2-8-19(24)15-16-23-22-11-5-7-13-26(22)29-27(23)28;1-16-14-15-22(18-9-3-2-8-17(16)18)27-21-12-6-4-10-19(21)26(28)30-24-20-11-5-7-13-23(20)29-25(24)27;1-16-14-15-21(18-9-3-2-8-17(16)18)28-22-12-6-5-11-20(22)26-27-24-19-10-4-7-13-23(19)29-25(24)28/h2-8,10-12,14,16-20H,9,13,15H2,1H3;2,5-8,11-14,17H,3-4,9-10,15-16H2,1H3;2,5-8,11-17H,3-4,9-10H2,1H3;4-7,10-15H,2-3,8-9H2,1H3;4-7,10-15H,2-3,8-9H2,1H3. The van der Waals surface area contributed by atoms with Crippen LogP contribution in [0.5, 0.6) is 5.75 Å². The molecule has 0 spiro atoms. The lowest BCUT2D eigenvalue weighted by molar-refractivity contribution is 0.0740. The zero-order chi connectivity index (χ0) is 99.8. The predicted octanol–water partition coefficient (Wildman–Crippen LogP) is 37.6. The van der Waals surface area contributed by atoms with Crippen molar-refractivity contribution in [3.05, 3.63) is 451 Å². The van der Waals surface area contributed by atoms with Gasteiger partial charge in [-0.2, -0.15) is 0 Å². The molecule has 0 fully saturated rings. The van der Waals surface area contributed by atoms with E-state index in [4.69, 9.17) is 26.8 Å². The molecule has 21 aromatic rings. The molecule has 0 amide bonds. The Kier molecular flexibility index (Phi) is 24.1. The van der Waals surface area contributed by atoms with Crippen LogP contribution in [0.1, 0.15) is 174 Å². The highest BCUT2D eigenvalue weighted by Crippen LogP contribution is 2.58. The highest BCUT2D eigenvalue weighted by atomic mass is 16.5. The van der Waals surface area contributed by atoms with Gasteiger partial charge in [0.1, 0.15) is 33.6 Å². The van der Waals surface area contributed by atoms with E-state index >= 15 is 0 Å². The molecule has 5 aromatic heterocycles. The van der Waals surface area contributed by atoms with Gasteiger partial charge in [0.25, 0.3) is 0 Å². The zero-order valence-electron chi connectivity index (χ0n) is 84.8. The Morgan fingerprint density at radius 1 is 0.242 bits per heavy atom. The van der Waals surface area contributed by atoms with E-state index in [9.17, 15) is 4.79 Å². The summed E-state index contributed by atoms with van der Waals surface area (Å²) in [6.07, 6.45) is 28.6. The monoisotopic (exact) mass is 1950 g/mol. The second-order valence-corrected chi connectivity index (χ2v) is 41.0. The van der Waals surface area contributed by atoms with Crippen LogP contribution in [0, 0.1) is 34.6 Å². The molecule has 0 atom stereocenters. The number of hydrogen-bond donors (Lipinski definition) is 0. The summed E-state index contributed by atoms with van der Waals surface area (Å²) in [7, 11) is 0. The Morgan fingerprint density at radius 3 is 1.19 bits per heavy atom. The second kappa shape index (κ2) is 39.1. The summed E-state index contributed by atoms with van der Waals surface area (Å²) in [6, 6.07) is 118. The van der Waals surface area contributed by atoms with Gasteiger partial charge in [-0.15, -0.1) is 10.2 Å². The number of aryl methyl sites for hydroxylation is 9. The number of azo groups is 1. The molecular formula is C135H115N7O7. The maximum absolute atomic E-state index is 13.0. The van der Waals surface area contributed by atoms with Gasteiger partial charge in [-0.1, -0.05) is 230 Å². The Bertz CT molecular complexity index is 8610. The van der Waals surface area contributed by atoms with E-state index < -0.39 is 0 Å². The molecule has 14 nitrogen and oxygen atoms in total. The van der Waals surface area contributed by atoms with Crippen LogP contribution < -0.4 is 29.2 Å². The lowest BCUT2D eigenvalue weighted by atomic mass is 9.87. The van der Waals surface area contributed by atoms with Crippen molar-refractivity contribution in [2.24, 2.45) is 10.2 Å². The Morgan fingerprint density at radius 2 is 0.617 bits per heavy atom. The highest BCUT2D eigenvalue weighted by Gasteiger charge is 2.39. The van der Waals surface area contributed by atoms with E-state index in [-0.39, 0.29) is 5.97 Å². The largest absolute Gasteiger partial charge is 0.439 e. The number of furan rings is 5. The SMILES string of the molecule is Cc1ccc(N2c3ccccc3C(=O)Oc3c2oc2ccccc32)c2c1CCCC2.Cc1ccc(N2c3ccccc3C=Cc3c2oc2ccccc32)c2c1CCCC2.Cc1ccc(N2c3ccccc3CCCc3c2oc2ccccc32)c(-c2ccccc2)c1.Cc1ccc(N2c3ccccc3CCc3c2oc2ccccc32)c2c1CCCC2.Cc1ccc(N2c3ccccc3N=Nc3c2oc2ccccc32)c2c1CCCC2. The average molecular weight is 1950 g/mol. The van der Waals surface area contributed by atoms with Crippen LogP contribution in [-0.2, 0) is 77.0 Å². The van der Waals surface area contributed by atoms with Gasteiger partial charge in [-0.05, 0) is 386 Å². The summed E-state index contributed by atoms with van der Waals surface area (Å²) in [5.41, 5.74) is 46.8. The molecule has 9 aliphatic rings. The van der Waals surface area contributed by atoms with Crippen LogP contribution in [0.25, 0.3) is 78.1 Å². The minimum atomic E-state index is -0.359. The smallest absolute Gasteiger partial charge is 0.345 e. The van der Waals surface area contributed by atoms with Crippen LogP contribution in [0.2, 0.25) is 0 Å². The van der Waals surface area contributed by atoms with Gasteiger partial charge in [0.15, 0.2) is 5.69 Å². The van der Waals surface area contributed by atoms with E-state index in [2.05, 4.69) is 336 Å². The number of esters is 1. The number of carbonyl (C=O) groups is 1. The quantitative estimate of drug-likeness (QED) is 0.147. The minimum absolute atomic E-state index is 0.359. The van der Waals surface area contributed by atoms with E-state index in [0.29, 0.717) is 22.8 Å². The third-order valence-corrected chi connectivity index (χ3v) is 32.0. The Labute approximate surface area is 868 Å². The van der Waals surface area contributed by atoms with E-state index in [1.54, 1.807) is 5.56 Å². The fraction of sp³-hybridized carbons (Fsp3) is 0.193. The Balaban J connectivity index is 0.0000000941. The molecule has 0 bridgehead atoms. The molecule has 30 rings (SSSR count). The van der Waals surface area contributed by atoms with Crippen molar-refractivity contribution in [3.63, 3.8) is 0 Å². The molecule has 16 aromatic carbocycles. The molecule has 4 aliphatic carbocycles. The van der Waals surface area contributed by atoms with Crippen LogP contribution in [0.4, 0.5) is 97.7 Å². The van der Waals surface area contributed by atoms with Crippen molar-refractivity contribution in [2.75, 3.05) is 24.5 Å². The number of nitrogens with zero attached hydrogens (tertiary/aromatic N) is 7. The first kappa shape index (κ1) is 91.9. The van der Waals surface area contributed by atoms with Crippen LogP contribution in [-0.4, -0.2) is 5.97 Å². The van der Waals surface area contributed by atoms with Crippen molar-refractivity contribution in [1.82, 2.24) is 0 Å². The van der Waals surface area contributed by atoms with Gasteiger partial charge >= 0.3 is 5.97 Å². The first-order chi connectivity index (χ1) is 73.4. The molecule has 0 saturated heterocycles. The molecule has 14 heteroatoms. The third kappa shape index (κ3) is 16.6. The number of fused-ring (bicyclic) bond motifs is 24.